The molecule has 2 amide bonds. The summed E-state index contributed by atoms with van der Waals surface area (Å²) in [6.45, 7) is 3.67. The minimum absolute atomic E-state index is 0.426. The fraction of sp³-hybridized carbons (Fsp3) is 0.190. The number of amides is 2. The summed E-state index contributed by atoms with van der Waals surface area (Å²) >= 11 is 0. The molecule has 0 saturated heterocycles. The minimum atomic E-state index is -1.17. The van der Waals surface area contributed by atoms with Crippen molar-refractivity contribution in [1.29, 1.82) is 0 Å². The summed E-state index contributed by atoms with van der Waals surface area (Å²) in [7, 11) is 0. The molecule has 2 heterocycles. The van der Waals surface area contributed by atoms with Gasteiger partial charge in [0, 0.05) is 17.1 Å². The van der Waals surface area contributed by atoms with Crippen LogP contribution in [0.5, 0.6) is 5.75 Å². The van der Waals surface area contributed by atoms with Crippen LogP contribution in [0.15, 0.2) is 59.7 Å². The Morgan fingerprint density at radius 2 is 1.96 bits per heavy atom. The van der Waals surface area contributed by atoms with Crippen LogP contribution in [-0.4, -0.2) is 34.5 Å². The van der Waals surface area contributed by atoms with E-state index in [9.17, 15) is 9.59 Å². The molecule has 1 aliphatic heterocycles. The van der Waals surface area contributed by atoms with E-state index in [1.165, 1.54) is 4.90 Å². The van der Waals surface area contributed by atoms with Gasteiger partial charge in [0.25, 0.3) is 6.23 Å². The number of aromatic amines is 1. The first-order valence-electron chi connectivity index (χ1n) is 8.90. The van der Waals surface area contributed by atoms with Crippen LogP contribution >= 0.6 is 0 Å². The lowest BCUT2D eigenvalue weighted by Gasteiger charge is -2.31. The maximum Gasteiger partial charge on any atom is 0.419 e. The Bertz CT molecular complexity index is 1070. The standard InChI is InChI=1S/C21H19N3O4/c1-13-7-3-6-10-18(13)28-21(26)24(20-19(25)23-12-27-20)14(2)16-11-22-17-9-5-4-8-15(16)17/h3-12,14,20,22H,1-2H3/t14-,20+/m1/s1. The number of rotatable bonds is 4. The SMILES string of the molecule is Cc1ccccc1OC(=O)N([C@H](C)c1c[nH]c2ccccc12)[C@H]1OC=NC1=O. The predicted octanol–water partition coefficient (Wildman–Crippen LogP) is 3.95. The van der Waals surface area contributed by atoms with E-state index in [0.29, 0.717) is 5.75 Å². The van der Waals surface area contributed by atoms with Gasteiger partial charge in [0.1, 0.15) is 5.75 Å². The molecule has 1 aromatic heterocycles. The Morgan fingerprint density at radius 1 is 1.21 bits per heavy atom. The van der Waals surface area contributed by atoms with Crippen molar-refractivity contribution in [2.24, 2.45) is 4.99 Å². The molecule has 1 N–H and O–H groups in total. The second-order valence-corrected chi connectivity index (χ2v) is 6.57. The first-order valence-corrected chi connectivity index (χ1v) is 8.90. The summed E-state index contributed by atoms with van der Waals surface area (Å²) in [5.74, 6) is -0.122. The fourth-order valence-electron chi connectivity index (χ4n) is 3.31. The molecule has 2 aromatic carbocycles. The van der Waals surface area contributed by atoms with E-state index in [0.717, 1.165) is 28.4 Å². The van der Waals surface area contributed by atoms with Gasteiger partial charge in [-0.05, 0) is 37.1 Å². The van der Waals surface area contributed by atoms with Crippen molar-refractivity contribution >= 4 is 29.3 Å². The van der Waals surface area contributed by atoms with Gasteiger partial charge in [-0.1, -0.05) is 36.4 Å². The van der Waals surface area contributed by atoms with Gasteiger partial charge in [-0.15, -0.1) is 0 Å². The molecule has 0 saturated carbocycles. The van der Waals surface area contributed by atoms with E-state index in [1.54, 1.807) is 12.1 Å². The molecule has 2 atom stereocenters. The lowest BCUT2D eigenvalue weighted by atomic mass is 10.1. The van der Waals surface area contributed by atoms with E-state index in [4.69, 9.17) is 9.47 Å². The molecule has 28 heavy (non-hydrogen) atoms. The zero-order valence-corrected chi connectivity index (χ0v) is 15.5. The number of benzene rings is 2. The van der Waals surface area contributed by atoms with E-state index < -0.39 is 24.3 Å². The summed E-state index contributed by atoms with van der Waals surface area (Å²) in [4.78, 5) is 33.4. The third kappa shape index (κ3) is 3.11. The van der Waals surface area contributed by atoms with Crippen molar-refractivity contribution in [2.75, 3.05) is 0 Å². The lowest BCUT2D eigenvalue weighted by Crippen LogP contribution is -2.46. The second kappa shape index (κ2) is 7.19. The number of hydrogen-bond donors (Lipinski definition) is 1. The number of aromatic nitrogens is 1. The highest BCUT2D eigenvalue weighted by Gasteiger charge is 2.39. The van der Waals surface area contributed by atoms with Crippen molar-refractivity contribution < 1.29 is 19.1 Å². The lowest BCUT2D eigenvalue weighted by molar-refractivity contribution is -0.130. The molecule has 0 spiro atoms. The number of para-hydroxylation sites is 2. The van der Waals surface area contributed by atoms with Gasteiger partial charge in [0.15, 0.2) is 6.40 Å². The van der Waals surface area contributed by atoms with Gasteiger partial charge in [0.05, 0.1) is 6.04 Å². The number of hydrogen-bond acceptors (Lipinski definition) is 4. The predicted molar refractivity (Wildman–Crippen MR) is 104 cm³/mol. The summed E-state index contributed by atoms with van der Waals surface area (Å²) in [5, 5.41) is 0.954. The van der Waals surface area contributed by atoms with Crippen LogP contribution in [-0.2, 0) is 9.53 Å². The molecule has 0 bridgehead atoms. The largest absolute Gasteiger partial charge is 0.450 e. The smallest absolute Gasteiger partial charge is 0.419 e. The first-order chi connectivity index (χ1) is 13.6. The number of nitrogens with zero attached hydrogens (tertiary/aromatic N) is 2. The van der Waals surface area contributed by atoms with Crippen molar-refractivity contribution in [3.63, 3.8) is 0 Å². The molecule has 7 heteroatoms. The van der Waals surface area contributed by atoms with Crippen molar-refractivity contribution in [3.05, 3.63) is 65.9 Å². The second-order valence-electron chi connectivity index (χ2n) is 6.57. The maximum atomic E-state index is 13.1. The van der Waals surface area contributed by atoms with Crippen LogP contribution in [0.1, 0.15) is 24.1 Å². The number of fused-ring (bicyclic) bond motifs is 1. The number of aliphatic imine (C=N–C) groups is 1. The summed E-state index contributed by atoms with van der Waals surface area (Å²) < 4.78 is 10.9. The number of H-pyrrole nitrogens is 1. The van der Waals surface area contributed by atoms with Crippen LogP contribution in [0.25, 0.3) is 10.9 Å². The molecule has 0 unspecified atom stereocenters. The van der Waals surface area contributed by atoms with Gasteiger partial charge in [0.2, 0.25) is 0 Å². The van der Waals surface area contributed by atoms with Gasteiger partial charge >= 0.3 is 12.0 Å². The van der Waals surface area contributed by atoms with E-state index in [1.807, 2.05) is 56.4 Å². The zero-order valence-electron chi connectivity index (χ0n) is 15.5. The average molecular weight is 377 g/mol. The summed E-state index contributed by atoms with van der Waals surface area (Å²) in [6.07, 6.45) is 1.03. The maximum absolute atomic E-state index is 13.1. The molecular weight excluding hydrogens is 358 g/mol. The molecule has 7 nitrogen and oxygen atoms in total. The van der Waals surface area contributed by atoms with Crippen molar-refractivity contribution in [2.45, 2.75) is 26.1 Å². The van der Waals surface area contributed by atoms with Crippen LogP contribution in [0.4, 0.5) is 4.79 Å². The molecule has 0 radical (unpaired) electrons. The quantitative estimate of drug-likeness (QED) is 0.746. The normalized spacial score (nSPS) is 16.8. The Labute approximate surface area is 161 Å². The Balaban J connectivity index is 1.70. The minimum Gasteiger partial charge on any atom is -0.450 e. The third-order valence-corrected chi connectivity index (χ3v) is 4.82. The third-order valence-electron chi connectivity index (χ3n) is 4.82. The Morgan fingerprint density at radius 3 is 2.71 bits per heavy atom. The van der Waals surface area contributed by atoms with E-state index in [-0.39, 0.29) is 0 Å². The summed E-state index contributed by atoms with van der Waals surface area (Å²) in [5.41, 5.74) is 2.59. The molecule has 4 rings (SSSR count). The highest BCUT2D eigenvalue weighted by molar-refractivity contribution is 5.94. The Hall–Kier alpha value is -3.61. The highest BCUT2D eigenvalue weighted by atomic mass is 16.6. The number of carbonyl (C=O) groups excluding carboxylic acids is 2. The number of carbonyl (C=O) groups is 2. The van der Waals surface area contributed by atoms with Gasteiger partial charge < -0.3 is 14.5 Å². The molecule has 3 aromatic rings. The van der Waals surface area contributed by atoms with Crippen LogP contribution < -0.4 is 4.74 Å². The van der Waals surface area contributed by atoms with Crippen LogP contribution in [0.3, 0.4) is 0 Å². The van der Waals surface area contributed by atoms with Crippen LogP contribution in [0.2, 0.25) is 0 Å². The first kappa shape index (κ1) is 17.8. The van der Waals surface area contributed by atoms with Gasteiger partial charge in [-0.2, -0.15) is 4.99 Å². The Kier molecular flexibility index (Phi) is 4.57. The van der Waals surface area contributed by atoms with Gasteiger partial charge in [-0.25, -0.2) is 4.79 Å². The zero-order chi connectivity index (χ0) is 19.7. The van der Waals surface area contributed by atoms with Crippen LogP contribution in [0, 0.1) is 6.92 Å². The van der Waals surface area contributed by atoms with E-state index >= 15 is 0 Å². The topological polar surface area (TPSA) is 84.0 Å². The van der Waals surface area contributed by atoms with Gasteiger partial charge in [-0.3, -0.25) is 9.69 Å². The number of ether oxygens (including phenoxy) is 2. The fourth-order valence-corrected chi connectivity index (χ4v) is 3.31. The molecule has 0 fully saturated rings. The molecular formula is C21H19N3O4. The van der Waals surface area contributed by atoms with E-state index in [2.05, 4.69) is 9.98 Å². The summed E-state index contributed by atoms with van der Waals surface area (Å²) in [6, 6.07) is 14.4. The van der Waals surface area contributed by atoms with Crippen molar-refractivity contribution in [3.8, 4) is 5.75 Å². The molecule has 1 aliphatic rings. The van der Waals surface area contributed by atoms with Crippen molar-refractivity contribution in [1.82, 2.24) is 9.88 Å². The number of nitrogens with one attached hydrogen (secondary N) is 1. The molecule has 142 valence electrons. The number of aryl methyl sites for hydroxylation is 1. The highest BCUT2D eigenvalue weighted by Crippen LogP contribution is 2.31. The average Bonchev–Trinajstić information content (AvgIpc) is 3.30. The molecule has 0 aliphatic carbocycles. The monoisotopic (exact) mass is 377 g/mol.